The molecule has 0 bridgehead atoms. The number of aryl methyl sites for hydroxylation is 3. The highest BCUT2D eigenvalue weighted by Crippen LogP contribution is 2.14. The first-order valence-electron chi connectivity index (χ1n) is 8.03. The Hall–Kier alpha value is -2.82. The first-order valence-corrected chi connectivity index (χ1v) is 8.03. The molecule has 1 amide bonds. The standard InChI is InChI=1S/C19H21N3O2/c1-14-12-15(2)22(21-14)17-8-5-16(6-9-17)7-10-19(23)20-13-18-4-3-11-24-18/h3-6,8-9,11-12H,7,10,13H2,1-2H3,(H,20,23). The fourth-order valence-electron chi connectivity index (χ4n) is 2.64. The number of furan rings is 1. The number of hydrogen-bond acceptors (Lipinski definition) is 3. The van der Waals surface area contributed by atoms with Crippen molar-refractivity contribution in [3.8, 4) is 5.69 Å². The second-order valence-electron chi connectivity index (χ2n) is 5.86. The van der Waals surface area contributed by atoms with Gasteiger partial charge in [-0.05, 0) is 56.2 Å². The van der Waals surface area contributed by atoms with E-state index in [0.29, 0.717) is 19.4 Å². The van der Waals surface area contributed by atoms with Crippen LogP contribution in [-0.4, -0.2) is 15.7 Å². The van der Waals surface area contributed by atoms with Gasteiger partial charge in [0.05, 0.1) is 24.2 Å². The van der Waals surface area contributed by atoms with E-state index in [-0.39, 0.29) is 5.91 Å². The number of benzene rings is 1. The number of rotatable bonds is 6. The summed E-state index contributed by atoms with van der Waals surface area (Å²) in [4.78, 5) is 11.9. The van der Waals surface area contributed by atoms with Crippen molar-refractivity contribution in [2.45, 2.75) is 33.2 Å². The third kappa shape index (κ3) is 3.93. The van der Waals surface area contributed by atoms with Crippen LogP contribution in [0.15, 0.2) is 53.1 Å². The molecule has 1 aromatic carbocycles. The van der Waals surface area contributed by atoms with Crippen molar-refractivity contribution in [3.05, 3.63) is 71.4 Å². The highest BCUT2D eigenvalue weighted by molar-refractivity contribution is 5.76. The van der Waals surface area contributed by atoms with Crippen molar-refractivity contribution in [3.63, 3.8) is 0 Å². The lowest BCUT2D eigenvalue weighted by atomic mass is 10.1. The van der Waals surface area contributed by atoms with Gasteiger partial charge in [0, 0.05) is 12.1 Å². The maximum absolute atomic E-state index is 11.9. The molecular formula is C19H21N3O2. The maximum atomic E-state index is 11.9. The van der Waals surface area contributed by atoms with Gasteiger partial charge in [-0.25, -0.2) is 4.68 Å². The predicted molar refractivity (Wildman–Crippen MR) is 91.9 cm³/mol. The van der Waals surface area contributed by atoms with E-state index in [0.717, 1.165) is 28.4 Å². The Morgan fingerprint density at radius 2 is 2.00 bits per heavy atom. The van der Waals surface area contributed by atoms with E-state index in [1.165, 1.54) is 0 Å². The molecule has 0 spiro atoms. The maximum Gasteiger partial charge on any atom is 0.220 e. The molecule has 0 unspecified atom stereocenters. The monoisotopic (exact) mass is 323 g/mol. The largest absolute Gasteiger partial charge is 0.467 e. The quantitative estimate of drug-likeness (QED) is 0.757. The van der Waals surface area contributed by atoms with Crippen LogP contribution in [0.25, 0.3) is 5.69 Å². The van der Waals surface area contributed by atoms with Gasteiger partial charge in [-0.2, -0.15) is 5.10 Å². The second kappa shape index (κ2) is 7.17. The number of carbonyl (C=O) groups excluding carboxylic acids is 1. The van der Waals surface area contributed by atoms with Crippen molar-refractivity contribution in [2.75, 3.05) is 0 Å². The Kier molecular flexibility index (Phi) is 4.79. The van der Waals surface area contributed by atoms with E-state index in [2.05, 4.69) is 16.5 Å². The Morgan fingerprint density at radius 1 is 1.21 bits per heavy atom. The molecule has 0 saturated carbocycles. The van der Waals surface area contributed by atoms with Gasteiger partial charge in [-0.15, -0.1) is 0 Å². The predicted octanol–water partition coefficient (Wildman–Crippen LogP) is 3.33. The van der Waals surface area contributed by atoms with Crippen LogP contribution >= 0.6 is 0 Å². The van der Waals surface area contributed by atoms with E-state index in [4.69, 9.17) is 4.42 Å². The number of amides is 1. The first kappa shape index (κ1) is 16.1. The summed E-state index contributed by atoms with van der Waals surface area (Å²) in [6, 6.07) is 13.9. The topological polar surface area (TPSA) is 60.1 Å². The van der Waals surface area contributed by atoms with Crippen molar-refractivity contribution in [2.24, 2.45) is 0 Å². The van der Waals surface area contributed by atoms with E-state index >= 15 is 0 Å². The molecule has 3 aromatic rings. The Morgan fingerprint density at radius 3 is 2.62 bits per heavy atom. The van der Waals surface area contributed by atoms with Crippen LogP contribution in [0.5, 0.6) is 0 Å². The minimum atomic E-state index is 0.0222. The van der Waals surface area contributed by atoms with Crippen molar-refractivity contribution < 1.29 is 9.21 Å². The summed E-state index contributed by atoms with van der Waals surface area (Å²) < 4.78 is 7.12. The van der Waals surface area contributed by atoms with E-state index in [9.17, 15) is 4.79 Å². The molecule has 2 aromatic heterocycles. The van der Waals surface area contributed by atoms with Crippen LogP contribution < -0.4 is 5.32 Å². The third-order valence-electron chi connectivity index (χ3n) is 3.87. The molecule has 1 N–H and O–H groups in total. The van der Waals surface area contributed by atoms with Gasteiger partial charge in [0.25, 0.3) is 0 Å². The summed E-state index contributed by atoms with van der Waals surface area (Å²) in [6.07, 6.45) is 2.77. The summed E-state index contributed by atoms with van der Waals surface area (Å²) >= 11 is 0. The fourth-order valence-corrected chi connectivity index (χ4v) is 2.64. The zero-order valence-electron chi connectivity index (χ0n) is 14.0. The van der Waals surface area contributed by atoms with Crippen LogP contribution in [0, 0.1) is 13.8 Å². The minimum absolute atomic E-state index is 0.0222. The average Bonchev–Trinajstić information content (AvgIpc) is 3.21. The molecule has 0 aliphatic rings. The van der Waals surface area contributed by atoms with E-state index < -0.39 is 0 Å². The summed E-state index contributed by atoms with van der Waals surface area (Å²) in [5.41, 5.74) is 4.28. The van der Waals surface area contributed by atoms with Crippen LogP contribution in [0.4, 0.5) is 0 Å². The lowest BCUT2D eigenvalue weighted by Crippen LogP contribution is -2.22. The Balaban J connectivity index is 1.52. The molecule has 24 heavy (non-hydrogen) atoms. The number of aromatic nitrogens is 2. The average molecular weight is 323 g/mol. The molecule has 124 valence electrons. The highest BCUT2D eigenvalue weighted by atomic mass is 16.3. The summed E-state index contributed by atoms with van der Waals surface area (Å²) in [5, 5.41) is 7.33. The molecule has 0 atom stereocenters. The van der Waals surface area contributed by atoms with Crippen LogP contribution in [0.2, 0.25) is 0 Å². The summed E-state index contributed by atoms with van der Waals surface area (Å²) in [6.45, 7) is 4.46. The molecule has 5 nitrogen and oxygen atoms in total. The molecular weight excluding hydrogens is 302 g/mol. The number of carbonyl (C=O) groups is 1. The molecule has 2 heterocycles. The van der Waals surface area contributed by atoms with Crippen molar-refractivity contribution in [1.29, 1.82) is 0 Å². The first-order chi connectivity index (χ1) is 11.6. The van der Waals surface area contributed by atoms with E-state index in [1.54, 1.807) is 6.26 Å². The SMILES string of the molecule is Cc1cc(C)n(-c2ccc(CCC(=O)NCc3ccco3)cc2)n1. The minimum Gasteiger partial charge on any atom is -0.467 e. The van der Waals surface area contributed by atoms with Gasteiger partial charge >= 0.3 is 0 Å². The second-order valence-corrected chi connectivity index (χ2v) is 5.86. The Labute approximate surface area is 141 Å². The fraction of sp³-hybridized carbons (Fsp3) is 0.263. The molecule has 0 saturated heterocycles. The lowest BCUT2D eigenvalue weighted by molar-refractivity contribution is -0.121. The third-order valence-corrected chi connectivity index (χ3v) is 3.87. The van der Waals surface area contributed by atoms with Gasteiger partial charge in [0.15, 0.2) is 0 Å². The molecule has 0 aliphatic heterocycles. The lowest BCUT2D eigenvalue weighted by Gasteiger charge is -2.07. The van der Waals surface area contributed by atoms with Crippen LogP contribution in [-0.2, 0) is 17.8 Å². The normalized spacial score (nSPS) is 10.8. The van der Waals surface area contributed by atoms with Crippen molar-refractivity contribution in [1.82, 2.24) is 15.1 Å². The molecule has 3 rings (SSSR count). The van der Waals surface area contributed by atoms with Gasteiger partial charge in [-0.1, -0.05) is 12.1 Å². The zero-order chi connectivity index (χ0) is 16.9. The Bertz CT molecular complexity index is 802. The number of hydrogen-bond donors (Lipinski definition) is 1. The molecule has 5 heteroatoms. The molecule has 0 radical (unpaired) electrons. The molecule has 0 fully saturated rings. The van der Waals surface area contributed by atoms with Crippen LogP contribution in [0.3, 0.4) is 0 Å². The van der Waals surface area contributed by atoms with Crippen LogP contribution in [0.1, 0.15) is 29.1 Å². The summed E-state index contributed by atoms with van der Waals surface area (Å²) in [5.74, 6) is 0.784. The molecule has 0 aliphatic carbocycles. The number of nitrogens with one attached hydrogen (secondary N) is 1. The number of nitrogens with zero attached hydrogens (tertiary/aromatic N) is 2. The van der Waals surface area contributed by atoms with Gasteiger partial charge < -0.3 is 9.73 Å². The van der Waals surface area contributed by atoms with Gasteiger partial charge in [0.1, 0.15) is 5.76 Å². The summed E-state index contributed by atoms with van der Waals surface area (Å²) in [7, 11) is 0. The highest BCUT2D eigenvalue weighted by Gasteiger charge is 2.06. The van der Waals surface area contributed by atoms with Crippen molar-refractivity contribution >= 4 is 5.91 Å². The zero-order valence-corrected chi connectivity index (χ0v) is 14.0. The van der Waals surface area contributed by atoms with Gasteiger partial charge in [0.2, 0.25) is 5.91 Å². The van der Waals surface area contributed by atoms with Gasteiger partial charge in [-0.3, -0.25) is 4.79 Å². The smallest absolute Gasteiger partial charge is 0.220 e. The van der Waals surface area contributed by atoms with E-state index in [1.807, 2.05) is 54.9 Å².